The van der Waals surface area contributed by atoms with Crippen LogP contribution in [-0.4, -0.2) is 79.0 Å². The second kappa shape index (κ2) is 15.5. The van der Waals surface area contributed by atoms with Crippen molar-refractivity contribution in [3.8, 4) is 11.5 Å². The van der Waals surface area contributed by atoms with E-state index in [1.807, 2.05) is 29.2 Å². The van der Waals surface area contributed by atoms with Crippen LogP contribution in [0, 0.1) is 0 Å². The van der Waals surface area contributed by atoms with Gasteiger partial charge in [0.2, 0.25) is 17.8 Å². The number of halogens is 2. The van der Waals surface area contributed by atoms with Crippen LogP contribution >= 0.6 is 23.2 Å². The van der Waals surface area contributed by atoms with Crippen molar-refractivity contribution in [1.82, 2.24) is 15.0 Å². The summed E-state index contributed by atoms with van der Waals surface area (Å²) in [7, 11) is 3.16. The number of carboxylic acids is 1. The number of ether oxygens (including phenoxy) is 2. The fourth-order valence-corrected chi connectivity index (χ4v) is 5.39. The number of aromatic nitrogens is 3. The number of amides is 2. The van der Waals surface area contributed by atoms with Crippen molar-refractivity contribution in [2.24, 2.45) is 0 Å². The Morgan fingerprint density at radius 1 is 0.851 bits per heavy atom. The molecule has 246 valence electrons. The Morgan fingerprint density at radius 3 is 2.23 bits per heavy atom. The van der Waals surface area contributed by atoms with Gasteiger partial charge in [-0.25, -0.2) is 4.79 Å². The zero-order valence-electron chi connectivity index (χ0n) is 25.8. The highest BCUT2D eigenvalue weighted by molar-refractivity contribution is 6.42. The summed E-state index contributed by atoms with van der Waals surface area (Å²) in [6, 6.07) is 19.4. The number of piperazine rings is 1. The molecule has 1 aliphatic rings. The molecule has 3 aromatic carbocycles. The van der Waals surface area contributed by atoms with Crippen LogP contribution in [0.5, 0.6) is 11.5 Å². The Bertz CT molecular complexity index is 1720. The molecule has 0 bridgehead atoms. The number of hydrogen-bond acceptors (Lipinski definition) is 10. The summed E-state index contributed by atoms with van der Waals surface area (Å²) in [5, 5.41) is 15.7. The van der Waals surface area contributed by atoms with Gasteiger partial charge in [0.25, 0.3) is 0 Å². The molecule has 1 aromatic heterocycles. The van der Waals surface area contributed by atoms with Crippen molar-refractivity contribution in [3.05, 3.63) is 82.3 Å². The van der Waals surface area contributed by atoms with Crippen LogP contribution in [-0.2, 0) is 11.3 Å². The van der Waals surface area contributed by atoms with Gasteiger partial charge < -0.3 is 34.6 Å². The van der Waals surface area contributed by atoms with Crippen molar-refractivity contribution < 1.29 is 24.2 Å². The Kier molecular flexibility index (Phi) is 11.0. The second-order valence-electron chi connectivity index (χ2n) is 10.5. The van der Waals surface area contributed by atoms with E-state index < -0.39 is 12.0 Å². The highest BCUT2D eigenvalue weighted by Crippen LogP contribution is 2.30. The van der Waals surface area contributed by atoms with Crippen LogP contribution in [0.25, 0.3) is 0 Å². The first-order valence-corrected chi connectivity index (χ1v) is 15.5. The minimum atomic E-state index is -0.986. The minimum Gasteiger partial charge on any atom is -0.495 e. The lowest BCUT2D eigenvalue weighted by atomic mass is 10.2. The number of nitrogens with one attached hydrogen (secondary N) is 2. The summed E-state index contributed by atoms with van der Waals surface area (Å²) in [4.78, 5) is 44.6. The Balaban J connectivity index is 1.45. The van der Waals surface area contributed by atoms with Crippen LogP contribution in [0.1, 0.15) is 12.0 Å². The summed E-state index contributed by atoms with van der Waals surface area (Å²) in [6.45, 7) is 2.75. The molecule has 47 heavy (non-hydrogen) atoms. The first-order valence-electron chi connectivity index (χ1n) is 14.7. The number of urea groups is 1. The fraction of sp³-hybridized carbons (Fsp3) is 0.281. The molecular weight excluding hydrogens is 647 g/mol. The molecule has 15 heteroatoms. The van der Waals surface area contributed by atoms with E-state index in [9.17, 15) is 14.7 Å². The molecule has 0 aliphatic carbocycles. The predicted molar refractivity (Wildman–Crippen MR) is 183 cm³/mol. The summed E-state index contributed by atoms with van der Waals surface area (Å²) in [6.07, 6.45) is -0.184. The van der Waals surface area contributed by atoms with Gasteiger partial charge in [-0.3, -0.25) is 10.1 Å². The van der Waals surface area contributed by atoms with E-state index >= 15 is 0 Å². The van der Waals surface area contributed by atoms with Gasteiger partial charge in [0.05, 0.1) is 42.1 Å². The monoisotopic (exact) mass is 680 g/mol. The maximum Gasteiger partial charge on any atom is 0.326 e. The number of rotatable bonds is 12. The van der Waals surface area contributed by atoms with Crippen LogP contribution < -0.4 is 34.8 Å². The number of carboxylic acid groups (broad SMARTS) is 1. The maximum absolute atomic E-state index is 13.1. The summed E-state index contributed by atoms with van der Waals surface area (Å²) < 4.78 is 10.9. The smallest absolute Gasteiger partial charge is 0.326 e. The SMILES string of the molecule is COc1ccccc1NC(=O)Nc1nc(N2CCN(c3ccccc3OC)CC2)nc(N(CCC(=O)O)Cc2ccc(Cl)c(Cl)c2)n1. The van der Waals surface area contributed by atoms with Gasteiger partial charge in [-0.05, 0) is 42.0 Å². The van der Waals surface area contributed by atoms with Crippen molar-refractivity contribution >= 4 is 64.4 Å². The average molecular weight is 682 g/mol. The molecule has 0 saturated carbocycles. The van der Waals surface area contributed by atoms with Gasteiger partial charge in [-0.2, -0.15) is 15.0 Å². The van der Waals surface area contributed by atoms with E-state index in [0.717, 1.165) is 17.0 Å². The number of aliphatic carboxylic acids is 1. The fourth-order valence-electron chi connectivity index (χ4n) is 5.07. The molecule has 0 radical (unpaired) electrons. The van der Waals surface area contributed by atoms with Gasteiger partial charge in [0.15, 0.2) is 0 Å². The molecule has 0 spiro atoms. The summed E-state index contributed by atoms with van der Waals surface area (Å²) in [5.74, 6) is 0.777. The number of anilines is 5. The van der Waals surface area contributed by atoms with E-state index in [0.29, 0.717) is 53.6 Å². The number of carbonyl (C=O) groups excluding carboxylic acids is 1. The molecule has 13 nitrogen and oxygen atoms in total. The molecule has 0 unspecified atom stereocenters. The lowest BCUT2D eigenvalue weighted by molar-refractivity contribution is -0.136. The normalized spacial score (nSPS) is 12.8. The maximum atomic E-state index is 13.1. The highest BCUT2D eigenvalue weighted by Gasteiger charge is 2.25. The average Bonchev–Trinajstić information content (AvgIpc) is 3.08. The van der Waals surface area contributed by atoms with Crippen LogP contribution in [0.2, 0.25) is 10.0 Å². The molecule has 2 heterocycles. The van der Waals surface area contributed by atoms with Gasteiger partial charge in [0, 0.05) is 39.3 Å². The van der Waals surface area contributed by atoms with Crippen LogP contribution in [0.3, 0.4) is 0 Å². The molecule has 1 fully saturated rings. The first kappa shape index (κ1) is 33.4. The van der Waals surface area contributed by atoms with E-state index in [4.69, 9.17) is 37.7 Å². The van der Waals surface area contributed by atoms with E-state index in [-0.39, 0.29) is 31.4 Å². The molecule has 4 aromatic rings. The third-order valence-corrected chi connectivity index (χ3v) is 8.16. The second-order valence-corrected chi connectivity index (χ2v) is 11.3. The molecule has 1 saturated heterocycles. The number of para-hydroxylation sites is 4. The van der Waals surface area contributed by atoms with Crippen molar-refractivity contribution in [2.45, 2.75) is 13.0 Å². The molecule has 2 amide bonds. The topological polar surface area (TPSA) is 145 Å². The third-order valence-electron chi connectivity index (χ3n) is 7.42. The standard InChI is InChI=1S/C32H34Cl2N8O5/c1-46-26-9-5-3-7-24(26)35-32(45)38-29-36-30(41-17-15-40(16-18-41)25-8-4-6-10-27(25)47-2)39-31(37-29)42(14-13-28(43)44)20-21-11-12-22(33)23(34)19-21/h3-12,19H,13-18,20H2,1-2H3,(H,43,44)(H2,35,36,37,38,39,45). The van der Waals surface area contributed by atoms with Crippen molar-refractivity contribution in [2.75, 3.05) is 72.3 Å². The van der Waals surface area contributed by atoms with E-state index in [1.54, 1.807) is 54.5 Å². The number of methoxy groups -OCH3 is 2. The lowest BCUT2D eigenvalue weighted by Gasteiger charge is -2.37. The molecule has 1 aliphatic heterocycles. The number of benzene rings is 3. The number of nitrogens with zero attached hydrogens (tertiary/aromatic N) is 6. The van der Waals surface area contributed by atoms with E-state index in [1.165, 1.54) is 7.11 Å². The Labute approximate surface area is 282 Å². The van der Waals surface area contributed by atoms with Crippen molar-refractivity contribution in [3.63, 3.8) is 0 Å². The van der Waals surface area contributed by atoms with Crippen LogP contribution in [0.4, 0.5) is 34.0 Å². The quantitative estimate of drug-likeness (QED) is 0.171. The predicted octanol–water partition coefficient (Wildman–Crippen LogP) is 5.65. The zero-order chi connectivity index (χ0) is 33.3. The van der Waals surface area contributed by atoms with Gasteiger partial charge in [0.1, 0.15) is 11.5 Å². The third kappa shape index (κ3) is 8.63. The lowest BCUT2D eigenvalue weighted by Crippen LogP contribution is -2.47. The van der Waals surface area contributed by atoms with Crippen LogP contribution in [0.15, 0.2) is 66.7 Å². The number of carbonyl (C=O) groups is 2. The number of hydrogen-bond donors (Lipinski definition) is 3. The minimum absolute atomic E-state index is 0.0148. The molecule has 3 N–H and O–H groups in total. The highest BCUT2D eigenvalue weighted by atomic mass is 35.5. The Hall–Kier alpha value is -5.01. The Morgan fingerprint density at radius 2 is 1.53 bits per heavy atom. The molecule has 0 atom stereocenters. The zero-order valence-corrected chi connectivity index (χ0v) is 27.3. The molecular formula is C32H34Cl2N8O5. The van der Waals surface area contributed by atoms with Crippen molar-refractivity contribution in [1.29, 1.82) is 0 Å². The largest absolute Gasteiger partial charge is 0.495 e. The van der Waals surface area contributed by atoms with E-state index in [2.05, 4.69) is 25.5 Å². The summed E-state index contributed by atoms with van der Waals surface area (Å²) >= 11 is 12.4. The van der Waals surface area contributed by atoms with Gasteiger partial charge in [-0.1, -0.05) is 53.5 Å². The summed E-state index contributed by atoms with van der Waals surface area (Å²) in [5.41, 5.74) is 2.21. The molecule has 5 rings (SSSR count). The van der Waals surface area contributed by atoms with Gasteiger partial charge in [-0.15, -0.1) is 0 Å². The first-order chi connectivity index (χ1) is 22.7. The van der Waals surface area contributed by atoms with Gasteiger partial charge >= 0.3 is 12.0 Å².